The third kappa shape index (κ3) is 3.95. The second-order valence-corrected chi connectivity index (χ2v) is 8.24. The smallest absolute Gasteiger partial charge is 0.251 e. The molecule has 0 radical (unpaired) electrons. The van der Waals surface area contributed by atoms with Crippen LogP contribution in [0.3, 0.4) is 0 Å². The van der Waals surface area contributed by atoms with E-state index in [1.807, 2.05) is 30.7 Å². The van der Waals surface area contributed by atoms with Crippen molar-refractivity contribution in [2.24, 2.45) is 5.92 Å². The van der Waals surface area contributed by atoms with E-state index < -0.39 is 11.7 Å². The van der Waals surface area contributed by atoms with Crippen molar-refractivity contribution in [1.82, 2.24) is 24.8 Å². The lowest BCUT2D eigenvalue weighted by molar-refractivity contribution is -0.174. The molecule has 2 aliphatic rings. The van der Waals surface area contributed by atoms with Gasteiger partial charge in [-0.15, -0.1) is 0 Å². The van der Waals surface area contributed by atoms with Crippen molar-refractivity contribution in [2.75, 3.05) is 19.6 Å². The number of carbonyl (C=O) groups is 1. The molecule has 0 bridgehead atoms. The summed E-state index contributed by atoms with van der Waals surface area (Å²) in [6, 6.07) is 6.02. The van der Waals surface area contributed by atoms with E-state index in [-0.39, 0.29) is 5.91 Å². The Bertz CT molecular complexity index is 796. The van der Waals surface area contributed by atoms with Crippen LogP contribution in [0.5, 0.6) is 0 Å². The van der Waals surface area contributed by atoms with E-state index in [0.29, 0.717) is 19.0 Å². The van der Waals surface area contributed by atoms with Crippen molar-refractivity contribution in [3.63, 3.8) is 0 Å². The molecule has 0 aliphatic carbocycles. The van der Waals surface area contributed by atoms with Gasteiger partial charge in [-0.1, -0.05) is 19.9 Å². The molecule has 150 valence electrons. The summed E-state index contributed by atoms with van der Waals surface area (Å²) in [6.07, 6.45) is 6.79. The highest BCUT2D eigenvalue weighted by Crippen LogP contribution is 2.40. The maximum Gasteiger partial charge on any atom is 0.251 e. The van der Waals surface area contributed by atoms with Gasteiger partial charge in [0.25, 0.3) is 5.91 Å². The fourth-order valence-electron chi connectivity index (χ4n) is 4.09. The number of hydrogen-bond acceptors (Lipinski definition) is 5. The Balaban J connectivity index is 1.45. The lowest BCUT2D eigenvalue weighted by Gasteiger charge is -2.45. The maximum absolute atomic E-state index is 12.7. The monoisotopic (exact) mass is 383 g/mol. The zero-order chi connectivity index (χ0) is 19.6. The van der Waals surface area contributed by atoms with Crippen LogP contribution in [0.25, 0.3) is 0 Å². The van der Waals surface area contributed by atoms with Gasteiger partial charge < -0.3 is 14.6 Å². The Labute approximate surface area is 166 Å². The van der Waals surface area contributed by atoms with E-state index in [1.54, 1.807) is 0 Å². The standard InChI is InChI=1S/C21H29N5O2/c1-16(2)13-24-19(27)18-15-26-12-9-23-20(26)21(28-18)6-10-25(11-7-21)14-17-5-3-4-8-22-17/h3-5,8-9,12,16,18H,6-7,10-11,13-15H2,1-2H3,(H,24,27)/t18-/m1/s1. The van der Waals surface area contributed by atoms with Gasteiger partial charge in [0.05, 0.1) is 12.2 Å². The number of nitrogens with one attached hydrogen (secondary N) is 1. The molecule has 1 saturated heterocycles. The Hall–Kier alpha value is -2.25. The number of nitrogens with zero attached hydrogens (tertiary/aromatic N) is 4. The first kappa shape index (κ1) is 19.1. The number of ether oxygens (including phenoxy) is 1. The van der Waals surface area contributed by atoms with Gasteiger partial charge in [-0.25, -0.2) is 4.98 Å². The number of fused-ring (bicyclic) bond motifs is 2. The van der Waals surface area contributed by atoms with Gasteiger partial charge in [-0.3, -0.25) is 14.7 Å². The predicted octanol–water partition coefficient (Wildman–Crippen LogP) is 1.94. The number of piperidine rings is 1. The molecule has 1 amide bonds. The lowest BCUT2D eigenvalue weighted by atomic mass is 9.88. The average Bonchev–Trinajstić information content (AvgIpc) is 3.18. The summed E-state index contributed by atoms with van der Waals surface area (Å²) < 4.78 is 8.55. The van der Waals surface area contributed by atoms with Crippen molar-refractivity contribution in [1.29, 1.82) is 0 Å². The second kappa shape index (κ2) is 8.01. The highest BCUT2D eigenvalue weighted by molar-refractivity contribution is 5.80. The van der Waals surface area contributed by atoms with Gasteiger partial charge in [-0.2, -0.15) is 0 Å². The molecule has 0 aromatic carbocycles. The lowest BCUT2D eigenvalue weighted by Crippen LogP contribution is -2.54. The van der Waals surface area contributed by atoms with Gasteiger partial charge >= 0.3 is 0 Å². The quantitative estimate of drug-likeness (QED) is 0.854. The van der Waals surface area contributed by atoms with Crippen LogP contribution < -0.4 is 5.32 Å². The van der Waals surface area contributed by atoms with Crippen molar-refractivity contribution in [3.8, 4) is 0 Å². The van der Waals surface area contributed by atoms with Gasteiger partial charge in [0.1, 0.15) is 11.4 Å². The number of amides is 1. The molecule has 0 unspecified atom stereocenters. The molecule has 2 aromatic heterocycles. The van der Waals surface area contributed by atoms with Gasteiger partial charge in [0.15, 0.2) is 6.10 Å². The van der Waals surface area contributed by atoms with E-state index in [1.165, 1.54) is 0 Å². The number of pyridine rings is 1. The number of imidazole rings is 1. The highest BCUT2D eigenvalue weighted by atomic mass is 16.5. The molecular weight excluding hydrogens is 354 g/mol. The van der Waals surface area contributed by atoms with Crippen LogP contribution in [0.15, 0.2) is 36.8 Å². The first-order valence-corrected chi connectivity index (χ1v) is 10.2. The van der Waals surface area contributed by atoms with E-state index in [9.17, 15) is 4.79 Å². The van der Waals surface area contributed by atoms with Crippen LogP contribution in [-0.2, 0) is 28.2 Å². The molecule has 2 aliphatic heterocycles. The third-order valence-electron chi connectivity index (χ3n) is 5.61. The molecule has 1 atom stereocenters. The zero-order valence-electron chi connectivity index (χ0n) is 16.7. The minimum atomic E-state index is -0.484. The van der Waals surface area contributed by atoms with Crippen LogP contribution in [0, 0.1) is 5.92 Å². The normalized spacial score (nSPS) is 21.6. The highest BCUT2D eigenvalue weighted by Gasteiger charge is 2.47. The Morgan fingerprint density at radius 2 is 2.11 bits per heavy atom. The summed E-state index contributed by atoms with van der Waals surface area (Å²) >= 11 is 0. The summed E-state index contributed by atoms with van der Waals surface area (Å²) in [5.74, 6) is 1.35. The van der Waals surface area contributed by atoms with E-state index >= 15 is 0 Å². The molecule has 0 saturated carbocycles. The van der Waals surface area contributed by atoms with E-state index in [0.717, 1.165) is 44.0 Å². The average molecular weight is 383 g/mol. The second-order valence-electron chi connectivity index (χ2n) is 8.24. The minimum Gasteiger partial charge on any atom is -0.354 e. The number of hydrogen-bond donors (Lipinski definition) is 1. The minimum absolute atomic E-state index is 0.0247. The predicted molar refractivity (Wildman–Crippen MR) is 105 cm³/mol. The van der Waals surface area contributed by atoms with Crippen molar-refractivity contribution in [2.45, 2.75) is 51.5 Å². The van der Waals surface area contributed by atoms with Crippen molar-refractivity contribution < 1.29 is 9.53 Å². The molecule has 28 heavy (non-hydrogen) atoms. The van der Waals surface area contributed by atoms with Gasteiger partial charge in [0.2, 0.25) is 0 Å². The Morgan fingerprint density at radius 1 is 1.29 bits per heavy atom. The van der Waals surface area contributed by atoms with Crippen LogP contribution >= 0.6 is 0 Å². The fraction of sp³-hybridized carbons (Fsp3) is 0.571. The number of rotatable bonds is 5. The fourth-order valence-corrected chi connectivity index (χ4v) is 4.09. The largest absolute Gasteiger partial charge is 0.354 e. The van der Waals surface area contributed by atoms with Crippen LogP contribution in [0.4, 0.5) is 0 Å². The number of aromatic nitrogens is 3. The molecule has 1 N–H and O–H groups in total. The summed E-state index contributed by atoms with van der Waals surface area (Å²) in [5, 5.41) is 3.02. The summed E-state index contributed by atoms with van der Waals surface area (Å²) in [5.41, 5.74) is 0.595. The third-order valence-corrected chi connectivity index (χ3v) is 5.61. The molecule has 1 fully saturated rings. The summed E-state index contributed by atoms with van der Waals surface area (Å²) in [7, 11) is 0. The summed E-state index contributed by atoms with van der Waals surface area (Å²) in [4.78, 5) is 24.1. The zero-order valence-corrected chi connectivity index (χ0v) is 16.7. The first-order chi connectivity index (χ1) is 13.6. The molecule has 7 nitrogen and oxygen atoms in total. The van der Waals surface area contributed by atoms with Gasteiger partial charge in [0, 0.05) is 44.8 Å². The number of likely N-dealkylation sites (tertiary alicyclic amines) is 1. The van der Waals surface area contributed by atoms with Gasteiger partial charge in [-0.05, 0) is 30.9 Å². The molecule has 4 heterocycles. The van der Waals surface area contributed by atoms with Crippen molar-refractivity contribution >= 4 is 5.91 Å². The van der Waals surface area contributed by atoms with Crippen LogP contribution in [0.2, 0.25) is 0 Å². The van der Waals surface area contributed by atoms with Crippen LogP contribution in [0.1, 0.15) is 38.2 Å². The molecule has 1 spiro atoms. The topological polar surface area (TPSA) is 72.3 Å². The Morgan fingerprint density at radius 3 is 2.82 bits per heavy atom. The maximum atomic E-state index is 12.7. The van der Waals surface area contributed by atoms with E-state index in [2.05, 4.69) is 44.7 Å². The molecule has 4 rings (SSSR count). The molecular formula is C21H29N5O2. The first-order valence-electron chi connectivity index (χ1n) is 10.2. The molecule has 2 aromatic rings. The Kier molecular flexibility index (Phi) is 5.46. The van der Waals surface area contributed by atoms with Crippen LogP contribution in [-0.4, -0.2) is 51.1 Å². The molecule has 7 heteroatoms. The number of carbonyl (C=O) groups excluding carboxylic acids is 1. The van der Waals surface area contributed by atoms with Crippen molar-refractivity contribution in [3.05, 3.63) is 48.3 Å². The van der Waals surface area contributed by atoms with E-state index in [4.69, 9.17) is 4.74 Å². The SMILES string of the molecule is CC(C)CNC(=O)[C@H]1Cn2ccnc2C2(CCN(Cc3ccccn3)CC2)O1. The summed E-state index contributed by atoms with van der Waals surface area (Å²) in [6.45, 7) is 8.00.